The van der Waals surface area contributed by atoms with Gasteiger partial charge in [-0.15, -0.1) is 12.4 Å². The van der Waals surface area contributed by atoms with Gasteiger partial charge in [0.25, 0.3) is 0 Å². The normalized spacial score (nSPS) is 22.0. The molecule has 2 saturated heterocycles. The molecule has 0 radical (unpaired) electrons. The van der Waals surface area contributed by atoms with Crippen LogP contribution in [0.2, 0.25) is 0 Å². The van der Waals surface area contributed by atoms with Gasteiger partial charge in [-0.25, -0.2) is 0 Å². The number of benzene rings is 1. The van der Waals surface area contributed by atoms with E-state index >= 15 is 0 Å². The average molecular weight is 369 g/mol. The van der Waals surface area contributed by atoms with E-state index < -0.39 is 0 Å². The number of rotatable bonds is 5. The van der Waals surface area contributed by atoms with E-state index in [1.807, 2.05) is 11.8 Å². The summed E-state index contributed by atoms with van der Waals surface area (Å²) in [5.41, 5.74) is 1.44. The Hall–Kier alpha value is -0.710. The summed E-state index contributed by atoms with van der Waals surface area (Å²) in [5.74, 6) is 3.39. The number of hydrogen-bond acceptors (Lipinski definition) is 3. The van der Waals surface area contributed by atoms with Crippen molar-refractivity contribution in [3.63, 3.8) is 0 Å². The summed E-state index contributed by atoms with van der Waals surface area (Å²) < 4.78 is 0. The highest BCUT2D eigenvalue weighted by molar-refractivity contribution is 7.99. The molecule has 2 fully saturated rings. The number of carbonyl (C=O) groups excluding carboxylic acids is 1. The lowest BCUT2D eigenvalue weighted by atomic mass is 9.90. The van der Waals surface area contributed by atoms with Crippen LogP contribution >= 0.6 is 24.2 Å². The van der Waals surface area contributed by atoms with Crippen LogP contribution in [0.25, 0.3) is 0 Å². The highest BCUT2D eigenvalue weighted by atomic mass is 35.5. The molecule has 5 heteroatoms. The van der Waals surface area contributed by atoms with Gasteiger partial charge >= 0.3 is 0 Å². The predicted octanol–water partition coefficient (Wildman–Crippen LogP) is 3.37. The van der Waals surface area contributed by atoms with Crippen LogP contribution in [-0.2, 0) is 11.2 Å². The van der Waals surface area contributed by atoms with Gasteiger partial charge < -0.3 is 10.2 Å². The summed E-state index contributed by atoms with van der Waals surface area (Å²) in [5, 5.41) is 3.47. The first-order valence-corrected chi connectivity index (χ1v) is 10.1. The van der Waals surface area contributed by atoms with Crippen molar-refractivity contribution >= 4 is 30.1 Å². The van der Waals surface area contributed by atoms with Crippen molar-refractivity contribution < 1.29 is 4.79 Å². The lowest BCUT2D eigenvalue weighted by Gasteiger charge is -2.33. The minimum absolute atomic E-state index is 0. The number of amides is 1. The zero-order valence-corrected chi connectivity index (χ0v) is 15.9. The van der Waals surface area contributed by atoms with Crippen LogP contribution in [-0.4, -0.2) is 48.0 Å². The van der Waals surface area contributed by atoms with Gasteiger partial charge in [0.1, 0.15) is 0 Å². The van der Waals surface area contributed by atoms with E-state index in [4.69, 9.17) is 0 Å². The van der Waals surface area contributed by atoms with Crippen molar-refractivity contribution in [2.75, 3.05) is 31.1 Å². The van der Waals surface area contributed by atoms with Gasteiger partial charge in [-0.1, -0.05) is 30.3 Å². The number of nitrogens with one attached hydrogen (secondary N) is 1. The summed E-state index contributed by atoms with van der Waals surface area (Å²) in [6.45, 7) is 2.96. The summed E-state index contributed by atoms with van der Waals surface area (Å²) in [4.78, 5) is 14.5. The van der Waals surface area contributed by atoms with Crippen LogP contribution in [0.15, 0.2) is 30.3 Å². The fourth-order valence-electron chi connectivity index (χ4n) is 3.58. The molecule has 3 nitrogen and oxygen atoms in total. The molecule has 1 aromatic rings. The third-order valence-electron chi connectivity index (χ3n) is 5.07. The lowest BCUT2D eigenvalue weighted by molar-refractivity contribution is -0.133. The standard InChI is InChI=1S/C19H28N2OS.ClH/c22-19(14-18-15-23-13-10-20-18)21-11-8-17(9-12-21)7-6-16-4-2-1-3-5-16;/h1-5,17-18,20H,6-15H2;1H. The lowest BCUT2D eigenvalue weighted by Crippen LogP contribution is -2.44. The van der Waals surface area contributed by atoms with Gasteiger partial charge in [0.15, 0.2) is 0 Å². The molecular formula is C19H29ClN2OS. The molecule has 1 aromatic carbocycles. The van der Waals surface area contributed by atoms with Gasteiger partial charge in [-0.2, -0.15) is 11.8 Å². The smallest absolute Gasteiger partial charge is 0.224 e. The van der Waals surface area contributed by atoms with Crippen LogP contribution < -0.4 is 5.32 Å². The zero-order valence-electron chi connectivity index (χ0n) is 14.3. The minimum Gasteiger partial charge on any atom is -0.343 e. The first-order chi connectivity index (χ1) is 11.3. The Morgan fingerprint density at radius 2 is 1.96 bits per heavy atom. The molecule has 2 heterocycles. The monoisotopic (exact) mass is 368 g/mol. The van der Waals surface area contributed by atoms with E-state index in [1.165, 1.54) is 37.0 Å². The molecule has 1 N–H and O–H groups in total. The Bertz CT molecular complexity index is 485. The quantitative estimate of drug-likeness (QED) is 0.864. The third kappa shape index (κ3) is 5.98. The topological polar surface area (TPSA) is 32.3 Å². The molecule has 0 saturated carbocycles. The fraction of sp³-hybridized carbons (Fsp3) is 0.632. The highest BCUT2D eigenvalue weighted by Crippen LogP contribution is 2.23. The van der Waals surface area contributed by atoms with Crippen LogP contribution in [0.3, 0.4) is 0 Å². The maximum Gasteiger partial charge on any atom is 0.224 e. The van der Waals surface area contributed by atoms with Gasteiger partial charge in [0, 0.05) is 43.6 Å². The van der Waals surface area contributed by atoms with E-state index in [0.717, 1.165) is 31.3 Å². The minimum atomic E-state index is 0. The number of carbonyl (C=O) groups is 1. The van der Waals surface area contributed by atoms with Crippen molar-refractivity contribution in [3.8, 4) is 0 Å². The number of piperidine rings is 1. The van der Waals surface area contributed by atoms with Crippen molar-refractivity contribution in [3.05, 3.63) is 35.9 Å². The van der Waals surface area contributed by atoms with Crippen molar-refractivity contribution in [1.29, 1.82) is 0 Å². The maximum atomic E-state index is 12.4. The second-order valence-electron chi connectivity index (χ2n) is 6.78. The SMILES string of the molecule is Cl.O=C(CC1CSCCN1)N1CCC(CCc2ccccc2)CC1. The molecule has 3 rings (SSSR count). The Labute approximate surface area is 156 Å². The van der Waals surface area contributed by atoms with Crippen LogP contribution in [0.1, 0.15) is 31.2 Å². The first-order valence-electron chi connectivity index (χ1n) is 8.94. The molecule has 0 bridgehead atoms. The average Bonchev–Trinajstić information content (AvgIpc) is 2.62. The molecule has 24 heavy (non-hydrogen) atoms. The van der Waals surface area contributed by atoms with E-state index in [1.54, 1.807) is 0 Å². The second kappa shape index (κ2) is 10.3. The largest absolute Gasteiger partial charge is 0.343 e. The number of likely N-dealkylation sites (tertiary alicyclic amines) is 1. The van der Waals surface area contributed by atoms with Gasteiger partial charge in [0.05, 0.1) is 0 Å². The van der Waals surface area contributed by atoms with Gasteiger partial charge in [-0.05, 0) is 37.2 Å². The van der Waals surface area contributed by atoms with E-state index in [-0.39, 0.29) is 12.4 Å². The number of halogens is 1. The summed E-state index contributed by atoms with van der Waals surface area (Å²) >= 11 is 1.96. The Kier molecular flexibility index (Phi) is 8.43. The van der Waals surface area contributed by atoms with Crippen molar-refractivity contribution in [1.82, 2.24) is 10.2 Å². The second-order valence-corrected chi connectivity index (χ2v) is 7.93. The molecule has 0 spiro atoms. The number of nitrogens with zero attached hydrogens (tertiary/aromatic N) is 1. The van der Waals surface area contributed by atoms with E-state index in [0.29, 0.717) is 18.4 Å². The van der Waals surface area contributed by atoms with Gasteiger partial charge in [-0.3, -0.25) is 4.79 Å². The Balaban J connectivity index is 0.00000208. The molecule has 0 aromatic heterocycles. The molecule has 1 unspecified atom stereocenters. The van der Waals surface area contributed by atoms with Crippen molar-refractivity contribution in [2.24, 2.45) is 5.92 Å². The number of hydrogen-bond donors (Lipinski definition) is 1. The maximum absolute atomic E-state index is 12.4. The van der Waals surface area contributed by atoms with Crippen molar-refractivity contribution in [2.45, 2.75) is 38.1 Å². The Morgan fingerprint density at radius 1 is 1.21 bits per heavy atom. The summed E-state index contributed by atoms with van der Waals surface area (Å²) in [6.07, 6.45) is 5.45. The van der Waals surface area contributed by atoms with Crippen LogP contribution in [0.4, 0.5) is 0 Å². The summed E-state index contributed by atoms with van der Waals surface area (Å²) in [7, 11) is 0. The molecule has 1 atom stereocenters. The molecular weight excluding hydrogens is 340 g/mol. The summed E-state index contributed by atoms with van der Waals surface area (Å²) in [6, 6.07) is 11.1. The van der Waals surface area contributed by atoms with Crippen LogP contribution in [0.5, 0.6) is 0 Å². The number of aryl methyl sites for hydroxylation is 1. The molecule has 1 amide bonds. The van der Waals surface area contributed by atoms with E-state index in [9.17, 15) is 4.79 Å². The van der Waals surface area contributed by atoms with E-state index in [2.05, 4.69) is 40.5 Å². The molecule has 2 aliphatic rings. The predicted molar refractivity (Wildman–Crippen MR) is 105 cm³/mol. The fourth-order valence-corrected chi connectivity index (χ4v) is 4.53. The van der Waals surface area contributed by atoms with Gasteiger partial charge in [0.2, 0.25) is 5.91 Å². The van der Waals surface area contributed by atoms with Crippen LogP contribution in [0, 0.1) is 5.92 Å². The molecule has 134 valence electrons. The first kappa shape index (κ1) is 19.6. The molecule has 2 aliphatic heterocycles. The Morgan fingerprint density at radius 3 is 2.62 bits per heavy atom. The molecule has 0 aliphatic carbocycles. The number of thioether (sulfide) groups is 1. The highest BCUT2D eigenvalue weighted by Gasteiger charge is 2.25. The third-order valence-corrected chi connectivity index (χ3v) is 6.20. The zero-order chi connectivity index (χ0) is 15.9.